The number of hydrogen-bond acceptors (Lipinski definition) is 2. The number of nitrogens with zero attached hydrogens (tertiary/aromatic N) is 1. The van der Waals surface area contributed by atoms with Crippen LogP contribution in [-0.4, -0.2) is 16.9 Å². The minimum absolute atomic E-state index is 0.162. The standard InChI is InChI=1S/C14H19FN2O/c1-14(2)7-3-4-11(8-14)17-13(18)10-5-6-12(15)16-9-10/h5-6,9,11H,3-4,7-8H2,1-2H3,(H,17,18). The van der Waals surface area contributed by atoms with Gasteiger partial charge in [0.05, 0.1) is 5.56 Å². The summed E-state index contributed by atoms with van der Waals surface area (Å²) < 4.78 is 12.7. The molecular weight excluding hydrogens is 231 g/mol. The van der Waals surface area contributed by atoms with Crippen molar-refractivity contribution in [1.29, 1.82) is 0 Å². The number of aromatic nitrogens is 1. The van der Waals surface area contributed by atoms with Gasteiger partial charge in [-0.3, -0.25) is 4.79 Å². The first-order valence-electron chi connectivity index (χ1n) is 6.39. The average molecular weight is 250 g/mol. The van der Waals surface area contributed by atoms with Gasteiger partial charge >= 0.3 is 0 Å². The lowest BCUT2D eigenvalue weighted by molar-refractivity contribution is 0.0902. The molecule has 0 radical (unpaired) electrons. The van der Waals surface area contributed by atoms with Crippen LogP contribution in [0.3, 0.4) is 0 Å². The van der Waals surface area contributed by atoms with Gasteiger partial charge in [0, 0.05) is 12.2 Å². The molecule has 1 saturated carbocycles. The molecule has 1 aliphatic carbocycles. The summed E-state index contributed by atoms with van der Waals surface area (Å²) in [5.41, 5.74) is 0.705. The molecule has 1 atom stereocenters. The van der Waals surface area contributed by atoms with E-state index in [1.807, 2.05) is 0 Å². The van der Waals surface area contributed by atoms with Crippen molar-refractivity contribution in [2.45, 2.75) is 45.6 Å². The van der Waals surface area contributed by atoms with Crippen LogP contribution >= 0.6 is 0 Å². The maximum absolute atomic E-state index is 12.7. The van der Waals surface area contributed by atoms with E-state index in [4.69, 9.17) is 0 Å². The molecule has 1 unspecified atom stereocenters. The molecule has 1 aliphatic rings. The summed E-state index contributed by atoms with van der Waals surface area (Å²) in [5, 5.41) is 3.01. The Bertz CT molecular complexity index is 428. The molecule has 1 aromatic heterocycles. The van der Waals surface area contributed by atoms with Gasteiger partial charge in [0.2, 0.25) is 5.95 Å². The maximum atomic E-state index is 12.7. The first-order chi connectivity index (χ1) is 8.46. The van der Waals surface area contributed by atoms with E-state index in [9.17, 15) is 9.18 Å². The molecule has 18 heavy (non-hydrogen) atoms. The lowest BCUT2D eigenvalue weighted by Gasteiger charge is -2.35. The van der Waals surface area contributed by atoms with E-state index < -0.39 is 5.95 Å². The second kappa shape index (κ2) is 5.04. The minimum atomic E-state index is -0.564. The first-order valence-corrected chi connectivity index (χ1v) is 6.39. The van der Waals surface area contributed by atoms with Crippen LogP contribution in [0.2, 0.25) is 0 Å². The highest BCUT2D eigenvalue weighted by Crippen LogP contribution is 2.35. The van der Waals surface area contributed by atoms with Gasteiger partial charge in [0.1, 0.15) is 0 Å². The van der Waals surface area contributed by atoms with Gasteiger partial charge in [-0.15, -0.1) is 0 Å². The second-order valence-electron chi connectivity index (χ2n) is 5.80. The van der Waals surface area contributed by atoms with Crippen molar-refractivity contribution in [3.8, 4) is 0 Å². The zero-order chi connectivity index (χ0) is 13.2. The van der Waals surface area contributed by atoms with E-state index in [0.29, 0.717) is 5.56 Å². The van der Waals surface area contributed by atoms with Gasteiger partial charge in [-0.2, -0.15) is 4.39 Å². The Kier molecular flexibility index (Phi) is 3.64. The van der Waals surface area contributed by atoms with E-state index in [1.165, 1.54) is 24.8 Å². The van der Waals surface area contributed by atoms with Crippen LogP contribution in [0, 0.1) is 11.4 Å². The molecule has 98 valence electrons. The summed E-state index contributed by atoms with van der Waals surface area (Å²) in [4.78, 5) is 15.5. The fraction of sp³-hybridized carbons (Fsp3) is 0.571. The van der Waals surface area contributed by atoms with Gasteiger partial charge in [-0.1, -0.05) is 20.3 Å². The molecule has 1 fully saturated rings. The van der Waals surface area contributed by atoms with E-state index in [2.05, 4.69) is 24.1 Å². The third-order valence-corrected chi connectivity index (χ3v) is 3.53. The molecule has 1 N–H and O–H groups in total. The lowest BCUT2D eigenvalue weighted by Crippen LogP contribution is -2.40. The highest BCUT2D eigenvalue weighted by molar-refractivity contribution is 5.94. The van der Waals surface area contributed by atoms with Gasteiger partial charge in [0.15, 0.2) is 0 Å². The number of carbonyl (C=O) groups excluding carboxylic acids is 1. The molecule has 1 aromatic rings. The largest absolute Gasteiger partial charge is 0.349 e. The molecule has 3 nitrogen and oxygen atoms in total. The zero-order valence-corrected chi connectivity index (χ0v) is 10.9. The van der Waals surface area contributed by atoms with Crippen molar-refractivity contribution in [3.63, 3.8) is 0 Å². The molecule has 1 heterocycles. The Hall–Kier alpha value is -1.45. The Morgan fingerprint density at radius 1 is 1.50 bits per heavy atom. The summed E-state index contributed by atoms with van der Waals surface area (Å²) >= 11 is 0. The summed E-state index contributed by atoms with van der Waals surface area (Å²) in [6.07, 6.45) is 5.63. The lowest BCUT2D eigenvalue weighted by atomic mass is 9.75. The third-order valence-electron chi connectivity index (χ3n) is 3.53. The number of amides is 1. The molecule has 0 aromatic carbocycles. The Morgan fingerprint density at radius 2 is 2.28 bits per heavy atom. The molecule has 4 heteroatoms. The number of hydrogen-bond donors (Lipinski definition) is 1. The molecule has 0 bridgehead atoms. The average Bonchev–Trinajstić information content (AvgIpc) is 2.28. The number of pyridine rings is 1. The van der Waals surface area contributed by atoms with Crippen LogP contribution < -0.4 is 5.32 Å². The number of halogens is 1. The fourth-order valence-corrected chi connectivity index (χ4v) is 2.60. The van der Waals surface area contributed by atoms with Crippen LogP contribution in [0.4, 0.5) is 4.39 Å². The van der Waals surface area contributed by atoms with Crippen molar-refractivity contribution < 1.29 is 9.18 Å². The van der Waals surface area contributed by atoms with E-state index in [0.717, 1.165) is 19.3 Å². The maximum Gasteiger partial charge on any atom is 0.253 e. The quantitative estimate of drug-likeness (QED) is 0.820. The van der Waals surface area contributed by atoms with Crippen molar-refractivity contribution >= 4 is 5.91 Å². The minimum Gasteiger partial charge on any atom is -0.349 e. The van der Waals surface area contributed by atoms with E-state index in [-0.39, 0.29) is 17.4 Å². The van der Waals surface area contributed by atoms with Crippen molar-refractivity contribution in [2.75, 3.05) is 0 Å². The van der Waals surface area contributed by atoms with Crippen molar-refractivity contribution in [1.82, 2.24) is 10.3 Å². The molecule has 1 amide bonds. The van der Waals surface area contributed by atoms with Gasteiger partial charge in [-0.25, -0.2) is 4.98 Å². The topological polar surface area (TPSA) is 42.0 Å². The van der Waals surface area contributed by atoms with Crippen LogP contribution in [-0.2, 0) is 0 Å². The Labute approximate surface area is 107 Å². The summed E-state index contributed by atoms with van der Waals surface area (Å²) in [6.45, 7) is 4.45. The highest BCUT2D eigenvalue weighted by atomic mass is 19.1. The Morgan fingerprint density at radius 3 is 2.89 bits per heavy atom. The van der Waals surface area contributed by atoms with Gasteiger partial charge in [0.25, 0.3) is 5.91 Å². The monoisotopic (exact) mass is 250 g/mol. The normalized spacial score (nSPS) is 22.5. The SMILES string of the molecule is CC1(C)CCCC(NC(=O)c2ccc(F)nc2)C1. The number of carbonyl (C=O) groups is 1. The van der Waals surface area contributed by atoms with Crippen LogP contribution in [0.15, 0.2) is 18.3 Å². The summed E-state index contributed by atoms with van der Waals surface area (Å²) in [7, 11) is 0. The van der Waals surface area contributed by atoms with Gasteiger partial charge in [-0.05, 0) is 36.8 Å². The van der Waals surface area contributed by atoms with E-state index >= 15 is 0 Å². The molecule has 0 spiro atoms. The summed E-state index contributed by atoms with van der Waals surface area (Å²) in [5.74, 6) is -0.726. The van der Waals surface area contributed by atoms with Crippen LogP contribution in [0.25, 0.3) is 0 Å². The predicted molar refractivity (Wildman–Crippen MR) is 67.7 cm³/mol. The van der Waals surface area contributed by atoms with Crippen molar-refractivity contribution in [2.24, 2.45) is 5.41 Å². The highest BCUT2D eigenvalue weighted by Gasteiger charge is 2.28. The molecule has 2 rings (SSSR count). The first kappa shape index (κ1) is 13.0. The molecular formula is C14H19FN2O. The Balaban J connectivity index is 1.97. The van der Waals surface area contributed by atoms with Crippen molar-refractivity contribution in [3.05, 3.63) is 29.8 Å². The number of rotatable bonds is 2. The van der Waals surface area contributed by atoms with Crippen LogP contribution in [0.1, 0.15) is 49.9 Å². The smallest absolute Gasteiger partial charge is 0.253 e. The second-order valence-corrected chi connectivity index (χ2v) is 5.80. The third kappa shape index (κ3) is 3.28. The van der Waals surface area contributed by atoms with E-state index in [1.54, 1.807) is 0 Å². The zero-order valence-electron chi connectivity index (χ0n) is 10.9. The molecule has 0 saturated heterocycles. The molecule has 0 aliphatic heterocycles. The predicted octanol–water partition coefficient (Wildman–Crippen LogP) is 2.92. The number of nitrogens with one attached hydrogen (secondary N) is 1. The summed E-state index contributed by atoms with van der Waals surface area (Å²) in [6, 6.07) is 2.89. The van der Waals surface area contributed by atoms with Gasteiger partial charge < -0.3 is 5.32 Å². The fourth-order valence-electron chi connectivity index (χ4n) is 2.60. The van der Waals surface area contributed by atoms with Crippen LogP contribution in [0.5, 0.6) is 0 Å².